The third kappa shape index (κ3) is 3.62. The molecule has 0 aliphatic carbocycles. The largest absolute Gasteiger partial charge is 0.378 e. The Bertz CT molecular complexity index is 507. The third-order valence-corrected chi connectivity index (χ3v) is 2.82. The monoisotopic (exact) mass is 262 g/mol. The number of carbonyl (C=O) groups is 1. The van der Waals surface area contributed by atoms with Gasteiger partial charge in [-0.25, -0.2) is 0 Å². The smallest absolute Gasteiger partial charge is 0.270 e. The van der Waals surface area contributed by atoms with E-state index in [2.05, 4.69) is 0 Å². The Labute approximate surface area is 110 Å². The van der Waals surface area contributed by atoms with Crippen LogP contribution in [0.5, 0.6) is 0 Å². The van der Waals surface area contributed by atoms with Crippen LogP contribution in [0.1, 0.15) is 5.56 Å². The minimum atomic E-state index is -0.457. The lowest BCUT2D eigenvalue weighted by molar-refractivity contribution is -0.384. The average molecular weight is 262 g/mol. The third-order valence-electron chi connectivity index (χ3n) is 2.82. The lowest BCUT2D eigenvalue weighted by Gasteiger charge is -2.25. The number of ether oxygens (including phenoxy) is 1. The molecule has 0 aromatic heterocycles. The van der Waals surface area contributed by atoms with E-state index in [-0.39, 0.29) is 11.6 Å². The van der Waals surface area contributed by atoms with Gasteiger partial charge in [-0.3, -0.25) is 14.9 Å². The summed E-state index contributed by atoms with van der Waals surface area (Å²) in [6.07, 6.45) is 3.02. The molecule has 19 heavy (non-hydrogen) atoms. The molecular formula is C13H14N2O4. The van der Waals surface area contributed by atoms with Gasteiger partial charge >= 0.3 is 0 Å². The van der Waals surface area contributed by atoms with Crippen molar-refractivity contribution in [2.24, 2.45) is 0 Å². The van der Waals surface area contributed by atoms with Crippen LogP contribution in [0.2, 0.25) is 0 Å². The standard InChI is InChI=1S/C13H14N2O4/c16-13(14-6-8-19-9-7-14)5-4-11-2-1-3-12(10-11)15(17)18/h1-5,10H,6-9H2. The predicted molar refractivity (Wildman–Crippen MR) is 69.5 cm³/mol. The molecule has 1 amide bonds. The highest BCUT2D eigenvalue weighted by Crippen LogP contribution is 2.14. The Balaban J connectivity index is 2.03. The molecule has 1 aromatic carbocycles. The van der Waals surface area contributed by atoms with E-state index in [4.69, 9.17) is 4.74 Å². The SMILES string of the molecule is O=C(C=Cc1cccc([N+](=O)[O-])c1)N1CCOCC1. The van der Waals surface area contributed by atoms with E-state index in [1.807, 2.05) is 0 Å². The van der Waals surface area contributed by atoms with E-state index in [9.17, 15) is 14.9 Å². The van der Waals surface area contributed by atoms with Gasteiger partial charge in [0.05, 0.1) is 18.1 Å². The maximum Gasteiger partial charge on any atom is 0.270 e. The van der Waals surface area contributed by atoms with Crippen LogP contribution >= 0.6 is 0 Å². The molecule has 1 fully saturated rings. The van der Waals surface area contributed by atoms with Gasteiger partial charge < -0.3 is 9.64 Å². The van der Waals surface area contributed by atoms with Gasteiger partial charge in [-0.2, -0.15) is 0 Å². The lowest BCUT2D eigenvalue weighted by atomic mass is 10.2. The van der Waals surface area contributed by atoms with Crippen molar-refractivity contribution in [3.8, 4) is 0 Å². The number of carbonyl (C=O) groups excluding carboxylic acids is 1. The van der Waals surface area contributed by atoms with Crippen molar-refractivity contribution in [3.63, 3.8) is 0 Å². The zero-order valence-corrected chi connectivity index (χ0v) is 10.3. The Kier molecular flexibility index (Phi) is 4.25. The molecule has 1 aromatic rings. The van der Waals surface area contributed by atoms with Crippen LogP contribution in [-0.4, -0.2) is 42.0 Å². The molecule has 0 saturated carbocycles. The van der Waals surface area contributed by atoms with Crippen LogP contribution in [0.25, 0.3) is 6.08 Å². The number of nitro benzene ring substituents is 1. The van der Waals surface area contributed by atoms with Crippen LogP contribution in [0.4, 0.5) is 5.69 Å². The summed E-state index contributed by atoms with van der Waals surface area (Å²) in [6, 6.07) is 6.16. The minimum Gasteiger partial charge on any atom is -0.378 e. The summed E-state index contributed by atoms with van der Waals surface area (Å²) >= 11 is 0. The zero-order valence-electron chi connectivity index (χ0n) is 10.3. The van der Waals surface area contributed by atoms with Crippen molar-refractivity contribution >= 4 is 17.7 Å². The number of amides is 1. The summed E-state index contributed by atoms with van der Waals surface area (Å²) in [4.78, 5) is 23.7. The van der Waals surface area contributed by atoms with Crippen molar-refractivity contribution in [2.75, 3.05) is 26.3 Å². The highest BCUT2D eigenvalue weighted by atomic mass is 16.6. The van der Waals surface area contributed by atoms with Crippen molar-refractivity contribution < 1.29 is 14.5 Å². The fraction of sp³-hybridized carbons (Fsp3) is 0.308. The van der Waals surface area contributed by atoms with Crippen LogP contribution < -0.4 is 0 Å². The molecule has 0 bridgehead atoms. The van der Waals surface area contributed by atoms with Crippen molar-refractivity contribution in [1.82, 2.24) is 4.90 Å². The lowest BCUT2D eigenvalue weighted by Crippen LogP contribution is -2.39. The molecule has 1 aliphatic heterocycles. The Morgan fingerprint density at radius 2 is 2.11 bits per heavy atom. The first-order chi connectivity index (χ1) is 9.16. The highest BCUT2D eigenvalue weighted by Gasteiger charge is 2.14. The molecule has 0 spiro atoms. The number of morpholine rings is 1. The molecule has 1 saturated heterocycles. The minimum absolute atomic E-state index is 0.0148. The molecule has 0 N–H and O–H groups in total. The second-order valence-electron chi connectivity index (χ2n) is 4.12. The molecule has 6 nitrogen and oxygen atoms in total. The number of nitro groups is 1. The zero-order chi connectivity index (χ0) is 13.7. The van der Waals surface area contributed by atoms with E-state index < -0.39 is 4.92 Å². The molecule has 0 atom stereocenters. The van der Waals surface area contributed by atoms with Gasteiger partial charge in [0.15, 0.2) is 0 Å². The average Bonchev–Trinajstić information content (AvgIpc) is 2.46. The van der Waals surface area contributed by atoms with Crippen molar-refractivity contribution in [2.45, 2.75) is 0 Å². The van der Waals surface area contributed by atoms with Crippen LogP contribution in [0.15, 0.2) is 30.3 Å². The van der Waals surface area contributed by atoms with Gasteiger partial charge in [0.1, 0.15) is 0 Å². The number of benzene rings is 1. The van der Waals surface area contributed by atoms with Crippen molar-refractivity contribution in [3.05, 3.63) is 46.0 Å². The molecule has 0 radical (unpaired) electrons. The fourth-order valence-electron chi connectivity index (χ4n) is 1.80. The van der Waals surface area contributed by atoms with Crippen LogP contribution in [0, 0.1) is 10.1 Å². The molecule has 100 valence electrons. The van der Waals surface area contributed by atoms with Gasteiger partial charge in [0.2, 0.25) is 5.91 Å². The predicted octanol–water partition coefficient (Wildman–Crippen LogP) is 1.47. The summed E-state index contributed by atoms with van der Waals surface area (Å²) in [6.45, 7) is 2.27. The van der Waals surface area contributed by atoms with E-state index in [0.29, 0.717) is 31.9 Å². The number of nitrogens with zero attached hydrogens (tertiary/aromatic N) is 2. The van der Waals surface area contributed by atoms with E-state index in [1.165, 1.54) is 18.2 Å². The highest BCUT2D eigenvalue weighted by molar-refractivity contribution is 5.91. The summed E-state index contributed by atoms with van der Waals surface area (Å²) in [7, 11) is 0. The Morgan fingerprint density at radius 3 is 2.79 bits per heavy atom. The van der Waals surface area contributed by atoms with Crippen LogP contribution in [-0.2, 0) is 9.53 Å². The van der Waals surface area contributed by atoms with Gasteiger partial charge in [-0.15, -0.1) is 0 Å². The van der Waals surface area contributed by atoms with Gasteiger partial charge in [-0.05, 0) is 11.6 Å². The number of hydrogen-bond acceptors (Lipinski definition) is 4. The number of rotatable bonds is 3. The first kappa shape index (κ1) is 13.2. The number of non-ortho nitro benzene ring substituents is 1. The molecule has 1 heterocycles. The summed E-state index contributed by atoms with van der Waals surface area (Å²) in [5.41, 5.74) is 0.650. The van der Waals surface area contributed by atoms with Crippen LogP contribution in [0.3, 0.4) is 0 Å². The van der Waals surface area contributed by atoms with E-state index in [1.54, 1.807) is 23.1 Å². The summed E-state index contributed by atoms with van der Waals surface area (Å²) in [5.74, 6) is -0.102. The fourth-order valence-corrected chi connectivity index (χ4v) is 1.80. The quantitative estimate of drug-likeness (QED) is 0.469. The Hall–Kier alpha value is -2.21. The molecule has 6 heteroatoms. The molecule has 1 aliphatic rings. The Morgan fingerprint density at radius 1 is 1.37 bits per heavy atom. The maximum atomic E-state index is 11.8. The molecule has 0 unspecified atom stereocenters. The van der Waals surface area contributed by atoms with Gasteiger partial charge in [0, 0.05) is 31.3 Å². The molecular weight excluding hydrogens is 248 g/mol. The summed E-state index contributed by atoms with van der Waals surface area (Å²) in [5, 5.41) is 10.6. The maximum absolute atomic E-state index is 11.8. The van der Waals surface area contributed by atoms with E-state index >= 15 is 0 Å². The first-order valence-electron chi connectivity index (χ1n) is 5.96. The summed E-state index contributed by atoms with van der Waals surface area (Å²) < 4.78 is 5.16. The second kappa shape index (κ2) is 6.10. The second-order valence-corrected chi connectivity index (χ2v) is 4.12. The van der Waals surface area contributed by atoms with Gasteiger partial charge in [0.25, 0.3) is 5.69 Å². The van der Waals surface area contributed by atoms with E-state index in [0.717, 1.165) is 0 Å². The van der Waals surface area contributed by atoms with Crippen molar-refractivity contribution in [1.29, 1.82) is 0 Å². The number of hydrogen-bond donors (Lipinski definition) is 0. The first-order valence-corrected chi connectivity index (χ1v) is 5.96. The van der Waals surface area contributed by atoms with Gasteiger partial charge in [-0.1, -0.05) is 12.1 Å². The molecule has 2 rings (SSSR count). The normalized spacial score (nSPS) is 15.7. The topological polar surface area (TPSA) is 72.7 Å².